The first-order chi connectivity index (χ1) is 9.24. The molecule has 19 heavy (non-hydrogen) atoms. The summed E-state index contributed by atoms with van der Waals surface area (Å²) in [4.78, 5) is 11.4. The topological polar surface area (TPSA) is 44.8 Å². The Balaban J connectivity index is 2.13. The molecule has 0 saturated carbocycles. The van der Waals surface area contributed by atoms with Crippen molar-refractivity contribution < 1.29 is 19.0 Å². The van der Waals surface area contributed by atoms with E-state index in [1.54, 1.807) is 6.08 Å². The van der Waals surface area contributed by atoms with Gasteiger partial charge in [0.1, 0.15) is 0 Å². The van der Waals surface area contributed by atoms with Crippen LogP contribution in [-0.4, -0.2) is 20.2 Å². The third kappa shape index (κ3) is 3.16. The van der Waals surface area contributed by atoms with Gasteiger partial charge in [0.15, 0.2) is 0 Å². The molecule has 0 spiro atoms. The molecule has 2 rings (SSSR count). The van der Waals surface area contributed by atoms with Gasteiger partial charge in [-0.15, -0.1) is 0 Å². The summed E-state index contributed by atoms with van der Waals surface area (Å²) in [6.45, 7) is 0. The monoisotopic (exact) mass is 260 g/mol. The summed E-state index contributed by atoms with van der Waals surface area (Å²) in [7, 11) is 2.85. The Labute approximate surface area is 112 Å². The molecule has 4 nitrogen and oxygen atoms in total. The number of carbonyl (C=O) groups excluding carboxylic acids is 1. The lowest BCUT2D eigenvalue weighted by molar-refractivity contribution is -0.140. The summed E-state index contributed by atoms with van der Waals surface area (Å²) in [6, 6.07) is 10.0. The third-order valence-corrected chi connectivity index (χ3v) is 2.86. The molecule has 1 aliphatic rings. The lowest BCUT2D eigenvalue weighted by Gasteiger charge is -2.19. The molecule has 0 atom stereocenters. The van der Waals surface area contributed by atoms with E-state index < -0.39 is 5.97 Å². The quantitative estimate of drug-likeness (QED) is 0.780. The Morgan fingerprint density at radius 2 is 2.00 bits per heavy atom. The van der Waals surface area contributed by atoms with Gasteiger partial charge < -0.3 is 14.2 Å². The fourth-order valence-electron chi connectivity index (χ4n) is 1.91. The maximum absolute atomic E-state index is 11.4. The van der Waals surface area contributed by atoms with Crippen LogP contribution in [0.2, 0.25) is 0 Å². The maximum atomic E-state index is 11.4. The van der Waals surface area contributed by atoms with Crippen LogP contribution in [0.1, 0.15) is 12.0 Å². The molecule has 4 heteroatoms. The standard InChI is InChI=1S/C15H16O4/c1-17-14(16)13-9-8-12(15(18-2)19-13)10-11-6-4-3-5-7-11/h3-7,9H,8,10H2,1-2H3. The van der Waals surface area contributed by atoms with E-state index >= 15 is 0 Å². The van der Waals surface area contributed by atoms with Crippen LogP contribution in [0.4, 0.5) is 0 Å². The zero-order valence-electron chi connectivity index (χ0n) is 11.0. The van der Waals surface area contributed by atoms with Crippen LogP contribution in [0.15, 0.2) is 53.7 Å². The summed E-state index contributed by atoms with van der Waals surface area (Å²) in [6.07, 6.45) is 3.06. The van der Waals surface area contributed by atoms with Gasteiger partial charge in [-0.1, -0.05) is 30.3 Å². The number of benzene rings is 1. The van der Waals surface area contributed by atoms with E-state index in [1.807, 2.05) is 30.3 Å². The molecular weight excluding hydrogens is 244 g/mol. The summed E-state index contributed by atoms with van der Waals surface area (Å²) < 4.78 is 15.3. The fourth-order valence-corrected chi connectivity index (χ4v) is 1.91. The summed E-state index contributed by atoms with van der Waals surface area (Å²) in [5.74, 6) is 0.0659. The fraction of sp³-hybridized carbons (Fsp3) is 0.267. The number of hydrogen-bond donors (Lipinski definition) is 0. The van der Waals surface area contributed by atoms with Crippen molar-refractivity contribution in [2.24, 2.45) is 0 Å². The molecule has 1 aromatic carbocycles. The minimum atomic E-state index is -0.492. The number of carbonyl (C=O) groups is 1. The van der Waals surface area contributed by atoms with Gasteiger partial charge >= 0.3 is 5.97 Å². The Kier molecular flexibility index (Phi) is 4.23. The smallest absolute Gasteiger partial charge is 0.373 e. The molecule has 1 aromatic rings. The first-order valence-electron chi connectivity index (χ1n) is 6.01. The number of hydrogen-bond acceptors (Lipinski definition) is 4. The highest BCUT2D eigenvalue weighted by Crippen LogP contribution is 2.25. The van der Waals surface area contributed by atoms with Crippen LogP contribution in [0.5, 0.6) is 0 Å². The predicted molar refractivity (Wildman–Crippen MR) is 70.0 cm³/mol. The Bertz CT molecular complexity index is 514. The minimum Gasteiger partial charge on any atom is -0.468 e. The second-order valence-electron chi connectivity index (χ2n) is 4.12. The zero-order valence-corrected chi connectivity index (χ0v) is 11.0. The van der Waals surface area contributed by atoms with E-state index in [9.17, 15) is 4.79 Å². The van der Waals surface area contributed by atoms with Crippen LogP contribution in [0, 0.1) is 0 Å². The lowest BCUT2D eigenvalue weighted by Crippen LogP contribution is -2.14. The van der Waals surface area contributed by atoms with Gasteiger partial charge in [-0.3, -0.25) is 0 Å². The highest BCUT2D eigenvalue weighted by Gasteiger charge is 2.22. The molecule has 0 saturated heterocycles. The van der Waals surface area contributed by atoms with Gasteiger partial charge in [-0.05, 0) is 18.1 Å². The van der Waals surface area contributed by atoms with Crippen molar-refractivity contribution in [1.29, 1.82) is 0 Å². The highest BCUT2D eigenvalue weighted by atomic mass is 16.7. The van der Waals surface area contributed by atoms with Gasteiger partial charge in [-0.25, -0.2) is 4.79 Å². The van der Waals surface area contributed by atoms with Gasteiger partial charge in [0, 0.05) is 12.0 Å². The van der Waals surface area contributed by atoms with Crippen LogP contribution in [-0.2, 0) is 25.4 Å². The molecule has 0 amide bonds. The van der Waals surface area contributed by atoms with Crippen molar-refractivity contribution in [3.05, 3.63) is 59.2 Å². The van der Waals surface area contributed by atoms with Gasteiger partial charge in [0.2, 0.25) is 5.76 Å². The highest BCUT2D eigenvalue weighted by molar-refractivity contribution is 5.86. The van der Waals surface area contributed by atoms with Gasteiger partial charge in [-0.2, -0.15) is 0 Å². The molecule has 1 heterocycles. The molecule has 0 radical (unpaired) electrons. The average Bonchev–Trinajstić information content (AvgIpc) is 2.48. The summed E-state index contributed by atoms with van der Waals surface area (Å²) in [5, 5.41) is 0. The lowest BCUT2D eigenvalue weighted by atomic mass is 10.0. The Hall–Kier alpha value is -2.23. The molecule has 0 aliphatic carbocycles. The maximum Gasteiger partial charge on any atom is 0.373 e. The van der Waals surface area contributed by atoms with Crippen LogP contribution < -0.4 is 0 Å². The van der Waals surface area contributed by atoms with Crippen LogP contribution in [0.3, 0.4) is 0 Å². The first-order valence-corrected chi connectivity index (χ1v) is 6.01. The largest absolute Gasteiger partial charge is 0.468 e. The van der Waals surface area contributed by atoms with E-state index in [1.165, 1.54) is 19.8 Å². The van der Waals surface area contributed by atoms with Crippen LogP contribution in [0.25, 0.3) is 0 Å². The number of allylic oxidation sites excluding steroid dienone is 2. The van der Waals surface area contributed by atoms with E-state index in [4.69, 9.17) is 9.47 Å². The van der Waals surface area contributed by atoms with E-state index in [-0.39, 0.29) is 5.76 Å². The number of methoxy groups -OCH3 is 2. The summed E-state index contributed by atoms with van der Waals surface area (Å²) in [5.41, 5.74) is 2.17. The number of rotatable bonds is 4. The molecule has 0 N–H and O–H groups in total. The van der Waals surface area contributed by atoms with Crippen molar-refractivity contribution in [3.8, 4) is 0 Å². The zero-order chi connectivity index (χ0) is 13.7. The van der Waals surface area contributed by atoms with Crippen molar-refractivity contribution in [3.63, 3.8) is 0 Å². The van der Waals surface area contributed by atoms with Crippen molar-refractivity contribution >= 4 is 5.97 Å². The normalized spacial score (nSPS) is 14.5. The number of ether oxygens (including phenoxy) is 3. The molecule has 0 fully saturated rings. The Morgan fingerprint density at radius 3 is 2.63 bits per heavy atom. The number of esters is 1. The summed E-state index contributed by atoms with van der Waals surface area (Å²) >= 11 is 0. The van der Waals surface area contributed by atoms with Crippen molar-refractivity contribution in [2.75, 3.05) is 14.2 Å². The second kappa shape index (κ2) is 6.09. The van der Waals surface area contributed by atoms with Gasteiger partial charge in [0.05, 0.1) is 14.2 Å². The third-order valence-electron chi connectivity index (χ3n) is 2.86. The molecule has 1 aliphatic heterocycles. The van der Waals surface area contributed by atoms with Gasteiger partial charge in [0.25, 0.3) is 5.95 Å². The predicted octanol–water partition coefficient (Wildman–Crippen LogP) is 2.56. The minimum absolute atomic E-state index is 0.177. The molecule has 100 valence electrons. The van der Waals surface area contributed by atoms with E-state index in [0.717, 1.165) is 12.0 Å². The van der Waals surface area contributed by atoms with E-state index in [0.29, 0.717) is 12.4 Å². The average molecular weight is 260 g/mol. The second-order valence-corrected chi connectivity index (χ2v) is 4.12. The van der Waals surface area contributed by atoms with Crippen molar-refractivity contribution in [2.45, 2.75) is 12.8 Å². The Morgan fingerprint density at radius 1 is 1.26 bits per heavy atom. The van der Waals surface area contributed by atoms with Crippen LogP contribution >= 0.6 is 0 Å². The molecule has 0 unspecified atom stereocenters. The van der Waals surface area contributed by atoms with Crippen molar-refractivity contribution in [1.82, 2.24) is 0 Å². The SMILES string of the molecule is COC(=O)C1=CCC(Cc2ccccc2)=C(OC)O1. The molecule has 0 bridgehead atoms. The van der Waals surface area contributed by atoms with E-state index in [2.05, 4.69) is 4.74 Å². The molecular formula is C15H16O4. The molecule has 0 aromatic heterocycles. The first kappa shape index (κ1) is 13.2.